The molecule has 114 valence electrons. The van der Waals surface area contributed by atoms with Crippen molar-refractivity contribution in [3.63, 3.8) is 0 Å². The first-order valence-electron chi connectivity index (χ1n) is 7.28. The Kier molecular flexibility index (Phi) is 7.19. The highest BCUT2D eigenvalue weighted by atomic mass is 32.1. The molecule has 1 aromatic rings. The van der Waals surface area contributed by atoms with Crippen LogP contribution in [0.3, 0.4) is 0 Å². The van der Waals surface area contributed by atoms with Crippen molar-refractivity contribution in [3.05, 3.63) is 21.9 Å². The Hall–Kier alpha value is -0.910. The summed E-state index contributed by atoms with van der Waals surface area (Å²) < 4.78 is 0. The third-order valence-corrected chi connectivity index (χ3v) is 4.44. The van der Waals surface area contributed by atoms with Gasteiger partial charge in [-0.25, -0.2) is 0 Å². The largest absolute Gasteiger partial charge is 0.355 e. The second kappa shape index (κ2) is 8.39. The number of likely N-dealkylation sites (N-methyl/N-ethyl adjacent to an activating group) is 1. The number of amides is 1. The van der Waals surface area contributed by atoms with Crippen LogP contribution in [0.2, 0.25) is 0 Å². The Bertz CT molecular complexity index is 419. The summed E-state index contributed by atoms with van der Waals surface area (Å²) in [7, 11) is 1.97. The van der Waals surface area contributed by atoms with Gasteiger partial charge in [-0.2, -0.15) is 0 Å². The number of carbonyl (C=O) groups excluding carboxylic acids is 1. The zero-order valence-electron chi connectivity index (χ0n) is 13.0. The molecule has 2 atom stereocenters. The number of nitrogens with two attached hydrogens (primary N) is 1. The van der Waals surface area contributed by atoms with Gasteiger partial charge in [0.05, 0.1) is 12.6 Å². The molecule has 0 aliphatic heterocycles. The lowest BCUT2D eigenvalue weighted by molar-refractivity contribution is -0.122. The molecule has 1 heterocycles. The van der Waals surface area contributed by atoms with E-state index in [-0.39, 0.29) is 18.0 Å². The smallest absolute Gasteiger partial charge is 0.234 e. The van der Waals surface area contributed by atoms with E-state index in [9.17, 15) is 4.79 Å². The van der Waals surface area contributed by atoms with Crippen LogP contribution >= 0.6 is 11.3 Å². The van der Waals surface area contributed by atoms with Crippen LogP contribution < -0.4 is 11.1 Å². The van der Waals surface area contributed by atoms with Crippen molar-refractivity contribution < 1.29 is 4.79 Å². The highest BCUT2D eigenvalue weighted by molar-refractivity contribution is 7.12. The van der Waals surface area contributed by atoms with Crippen molar-refractivity contribution >= 4 is 17.2 Å². The lowest BCUT2D eigenvalue weighted by atomic mass is 10.0. The van der Waals surface area contributed by atoms with Gasteiger partial charge >= 0.3 is 0 Å². The third-order valence-electron chi connectivity index (χ3n) is 3.37. The van der Waals surface area contributed by atoms with E-state index >= 15 is 0 Å². The Labute approximate surface area is 126 Å². The Morgan fingerprint density at radius 2 is 2.15 bits per heavy atom. The van der Waals surface area contributed by atoms with Crippen molar-refractivity contribution in [2.75, 3.05) is 20.1 Å². The summed E-state index contributed by atoms with van der Waals surface area (Å²) in [6, 6.07) is 4.38. The molecule has 0 aliphatic rings. The first kappa shape index (κ1) is 17.1. The van der Waals surface area contributed by atoms with E-state index in [0.29, 0.717) is 6.54 Å². The molecule has 0 saturated carbocycles. The van der Waals surface area contributed by atoms with Crippen molar-refractivity contribution in [1.29, 1.82) is 0 Å². The summed E-state index contributed by atoms with van der Waals surface area (Å²) in [5, 5.41) is 2.91. The minimum absolute atomic E-state index is 0.0389. The van der Waals surface area contributed by atoms with E-state index in [2.05, 4.69) is 36.2 Å². The fourth-order valence-electron chi connectivity index (χ4n) is 2.24. The molecule has 0 spiro atoms. The lowest BCUT2D eigenvalue weighted by Gasteiger charge is -2.31. The second-order valence-corrected chi connectivity index (χ2v) is 6.55. The molecule has 2 unspecified atom stereocenters. The van der Waals surface area contributed by atoms with Crippen molar-refractivity contribution in [2.24, 2.45) is 5.73 Å². The van der Waals surface area contributed by atoms with Gasteiger partial charge in [0.25, 0.3) is 0 Å². The minimum Gasteiger partial charge on any atom is -0.355 e. The predicted molar refractivity (Wildman–Crippen MR) is 86.0 cm³/mol. The average molecular weight is 297 g/mol. The Morgan fingerprint density at radius 3 is 2.65 bits per heavy atom. The van der Waals surface area contributed by atoms with Gasteiger partial charge in [-0.1, -0.05) is 13.8 Å². The van der Waals surface area contributed by atoms with Crippen LogP contribution in [0.1, 0.15) is 42.5 Å². The summed E-state index contributed by atoms with van der Waals surface area (Å²) in [5.74, 6) is 0.0657. The summed E-state index contributed by atoms with van der Waals surface area (Å²) in [6.45, 7) is 7.35. The van der Waals surface area contributed by atoms with Crippen LogP contribution in [0.25, 0.3) is 0 Å². The molecule has 1 amide bonds. The molecular formula is C15H27N3OS. The molecule has 0 aromatic carbocycles. The number of carbonyl (C=O) groups is 1. The Balaban J connectivity index is 2.75. The first-order valence-corrected chi connectivity index (χ1v) is 8.10. The van der Waals surface area contributed by atoms with Crippen LogP contribution in [0.4, 0.5) is 0 Å². The van der Waals surface area contributed by atoms with Gasteiger partial charge in [0.2, 0.25) is 5.91 Å². The number of nitrogens with one attached hydrogen (secondary N) is 1. The third kappa shape index (κ3) is 4.89. The maximum atomic E-state index is 11.9. The molecule has 4 nitrogen and oxygen atoms in total. The number of nitrogens with zero attached hydrogens (tertiary/aromatic N) is 1. The van der Waals surface area contributed by atoms with Crippen molar-refractivity contribution in [3.8, 4) is 0 Å². The van der Waals surface area contributed by atoms with Gasteiger partial charge in [0.15, 0.2) is 0 Å². The van der Waals surface area contributed by atoms with Gasteiger partial charge in [0, 0.05) is 22.3 Å². The number of hydrogen-bond acceptors (Lipinski definition) is 4. The van der Waals surface area contributed by atoms with Crippen molar-refractivity contribution in [2.45, 2.75) is 45.7 Å². The average Bonchev–Trinajstić information content (AvgIpc) is 2.82. The standard InChI is InChI=1S/C15H27N3OS/c1-5-9-17-14(19)10-18(4)15(12(16)6-2)13-8-7-11(3)20-13/h7-8,12,15H,5-6,9-10,16H2,1-4H3,(H,17,19). The van der Waals surface area contributed by atoms with Crippen LogP contribution in [0, 0.1) is 6.92 Å². The molecule has 0 saturated heterocycles. The number of rotatable bonds is 8. The SMILES string of the molecule is CCCNC(=O)CN(C)C(c1ccc(C)s1)C(N)CC. The highest BCUT2D eigenvalue weighted by Crippen LogP contribution is 2.29. The first-order chi connectivity index (χ1) is 9.49. The minimum atomic E-state index is 0.0389. The fraction of sp³-hybridized carbons (Fsp3) is 0.667. The summed E-state index contributed by atoms with van der Waals surface area (Å²) in [4.78, 5) is 16.4. The number of hydrogen-bond donors (Lipinski definition) is 2. The number of thiophene rings is 1. The molecule has 1 aromatic heterocycles. The zero-order valence-corrected chi connectivity index (χ0v) is 13.8. The molecule has 1 rings (SSSR count). The van der Waals surface area contributed by atoms with Crippen LogP contribution in [-0.4, -0.2) is 37.0 Å². The molecule has 0 radical (unpaired) electrons. The predicted octanol–water partition coefficient (Wildman–Crippen LogP) is 2.29. The van der Waals surface area contributed by atoms with Gasteiger partial charge < -0.3 is 11.1 Å². The summed E-state index contributed by atoms with van der Waals surface area (Å²) >= 11 is 1.76. The lowest BCUT2D eigenvalue weighted by Crippen LogP contribution is -2.43. The van der Waals surface area contributed by atoms with E-state index in [4.69, 9.17) is 5.73 Å². The van der Waals surface area contributed by atoms with Gasteiger partial charge in [-0.05, 0) is 38.9 Å². The van der Waals surface area contributed by atoms with Crippen LogP contribution in [0.5, 0.6) is 0 Å². The topological polar surface area (TPSA) is 58.4 Å². The Morgan fingerprint density at radius 1 is 1.45 bits per heavy atom. The van der Waals surface area contributed by atoms with E-state index in [0.717, 1.165) is 19.4 Å². The van der Waals surface area contributed by atoms with E-state index in [1.807, 2.05) is 14.0 Å². The monoisotopic (exact) mass is 297 g/mol. The summed E-state index contributed by atoms with van der Waals surface area (Å²) in [6.07, 6.45) is 1.85. The van der Waals surface area contributed by atoms with Crippen LogP contribution in [0.15, 0.2) is 12.1 Å². The zero-order chi connectivity index (χ0) is 15.1. The van der Waals surface area contributed by atoms with Crippen LogP contribution in [-0.2, 0) is 4.79 Å². The normalized spacial score (nSPS) is 14.3. The quantitative estimate of drug-likeness (QED) is 0.774. The highest BCUT2D eigenvalue weighted by Gasteiger charge is 2.25. The van der Waals surface area contributed by atoms with Gasteiger partial charge in [-0.3, -0.25) is 9.69 Å². The molecule has 20 heavy (non-hydrogen) atoms. The second-order valence-electron chi connectivity index (χ2n) is 5.23. The van der Waals surface area contributed by atoms with E-state index in [1.54, 1.807) is 11.3 Å². The molecule has 3 N–H and O–H groups in total. The maximum absolute atomic E-state index is 11.9. The molecule has 5 heteroatoms. The maximum Gasteiger partial charge on any atom is 0.234 e. The number of aryl methyl sites for hydroxylation is 1. The molecular weight excluding hydrogens is 270 g/mol. The van der Waals surface area contributed by atoms with E-state index < -0.39 is 0 Å². The van der Waals surface area contributed by atoms with E-state index in [1.165, 1.54) is 9.75 Å². The molecule has 0 fully saturated rings. The fourth-order valence-corrected chi connectivity index (χ4v) is 3.36. The van der Waals surface area contributed by atoms with Gasteiger partial charge in [0.1, 0.15) is 0 Å². The van der Waals surface area contributed by atoms with Gasteiger partial charge in [-0.15, -0.1) is 11.3 Å². The molecule has 0 bridgehead atoms. The molecule has 0 aliphatic carbocycles. The summed E-state index contributed by atoms with van der Waals surface area (Å²) in [5.41, 5.74) is 6.27. The van der Waals surface area contributed by atoms with Crippen molar-refractivity contribution in [1.82, 2.24) is 10.2 Å².